The van der Waals surface area contributed by atoms with Crippen LogP contribution in [0.25, 0.3) is 0 Å². The predicted molar refractivity (Wildman–Crippen MR) is 92.8 cm³/mol. The number of piperidine rings is 1. The molecule has 118 valence electrons. The number of fused-ring (bicyclic) bond motifs is 1. The highest BCUT2D eigenvalue weighted by atomic mass is 79.9. The lowest BCUT2D eigenvalue weighted by Crippen LogP contribution is -2.41. The lowest BCUT2D eigenvalue weighted by molar-refractivity contribution is 0.127. The summed E-state index contributed by atoms with van der Waals surface area (Å²) < 4.78 is 6.76. The molecule has 2 unspecified atom stereocenters. The van der Waals surface area contributed by atoms with Crippen LogP contribution in [0.5, 0.6) is 5.75 Å². The maximum atomic E-state index is 5.92. The molecule has 3 rings (SSSR count). The van der Waals surface area contributed by atoms with Crippen LogP contribution in [0.2, 0.25) is 5.02 Å². The van der Waals surface area contributed by atoms with Gasteiger partial charge in [-0.25, -0.2) is 0 Å². The van der Waals surface area contributed by atoms with Gasteiger partial charge in [-0.1, -0.05) is 11.6 Å². The molecule has 0 spiro atoms. The van der Waals surface area contributed by atoms with Crippen molar-refractivity contribution in [1.29, 1.82) is 0 Å². The van der Waals surface area contributed by atoms with Crippen LogP contribution < -0.4 is 10.1 Å². The molecule has 1 aromatic rings. The SMILES string of the molecule is Cl.Clc1ccc(OCCN2CCC3CNCC3C2)c(Br)c1. The van der Waals surface area contributed by atoms with Gasteiger partial charge in [-0.3, -0.25) is 4.90 Å². The Hall–Kier alpha value is -0.000000000000000111. The third-order valence-electron chi connectivity index (χ3n) is 4.35. The Morgan fingerprint density at radius 1 is 1.33 bits per heavy atom. The molecule has 2 heterocycles. The summed E-state index contributed by atoms with van der Waals surface area (Å²) >= 11 is 9.40. The van der Waals surface area contributed by atoms with E-state index in [1.807, 2.05) is 18.2 Å². The van der Waals surface area contributed by atoms with Gasteiger partial charge in [0.1, 0.15) is 12.4 Å². The number of nitrogens with zero attached hydrogens (tertiary/aromatic N) is 1. The molecule has 2 aliphatic rings. The quantitative estimate of drug-likeness (QED) is 0.844. The lowest BCUT2D eigenvalue weighted by atomic mass is 9.89. The van der Waals surface area contributed by atoms with Crippen LogP contribution in [0, 0.1) is 11.8 Å². The van der Waals surface area contributed by atoms with Gasteiger partial charge in [-0.15, -0.1) is 12.4 Å². The Bertz CT molecular complexity index is 475. The minimum absolute atomic E-state index is 0. The van der Waals surface area contributed by atoms with Gasteiger partial charge in [0, 0.05) is 18.1 Å². The van der Waals surface area contributed by atoms with E-state index in [0.717, 1.165) is 40.2 Å². The summed E-state index contributed by atoms with van der Waals surface area (Å²) in [4.78, 5) is 2.53. The molecule has 0 aliphatic carbocycles. The van der Waals surface area contributed by atoms with Gasteiger partial charge < -0.3 is 10.1 Å². The summed E-state index contributed by atoms with van der Waals surface area (Å²) in [5.74, 6) is 2.61. The maximum absolute atomic E-state index is 5.92. The lowest BCUT2D eigenvalue weighted by Gasteiger charge is -2.34. The number of hydrogen-bond donors (Lipinski definition) is 1. The Labute approximate surface area is 145 Å². The molecule has 0 amide bonds. The second-order valence-corrected chi connectivity index (χ2v) is 6.98. The molecule has 1 aromatic carbocycles. The zero-order chi connectivity index (χ0) is 13.9. The summed E-state index contributed by atoms with van der Waals surface area (Å²) in [5.41, 5.74) is 0. The first-order valence-corrected chi connectivity index (χ1v) is 8.40. The van der Waals surface area contributed by atoms with Crippen LogP contribution in [0.4, 0.5) is 0 Å². The topological polar surface area (TPSA) is 24.5 Å². The maximum Gasteiger partial charge on any atom is 0.133 e. The molecule has 2 saturated heterocycles. The number of likely N-dealkylation sites (tertiary alicyclic amines) is 1. The second kappa shape index (κ2) is 8.02. The standard InChI is InChI=1S/C15H20BrClN2O.ClH/c16-14-7-13(17)1-2-15(14)20-6-5-19-4-3-11-8-18-9-12(11)10-19;/h1-2,7,11-12,18H,3-6,8-10H2;1H. The third-order valence-corrected chi connectivity index (χ3v) is 5.20. The van der Waals surface area contributed by atoms with Crippen molar-refractivity contribution in [3.8, 4) is 5.75 Å². The fraction of sp³-hybridized carbons (Fsp3) is 0.600. The van der Waals surface area contributed by atoms with Gasteiger partial charge in [0.15, 0.2) is 0 Å². The highest BCUT2D eigenvalue weighted by Crippen LogP contribution is 2.28. The molecule has 3 nitrogen and oxygen atoms in total. The minimum Gasteiger partial charge on any atom is -0.491 e. The Balaban J connectivity index is 0.00000161. The highest BCUT2D eigenvalue weighted by Gasteiger charge is 2.32. The number of benzene rings is 1. The zero-order valence-electron chi connectivity index (χ0n) is 11.9. The van der Waals surface area contributed by atoms with Crippen molar-refractivity contribution < 1.29 is 4.74 Å². The van der Waals surface area contributed by atoms with Crippen LogP contribution in [-0.2, 0) is 0 Å². The monoisotopic (exact) mass is 394 g/mol. The summed E-state index contributed by atoms with van der Waals surface area (Å²) in [6.45, 7) is 6.54. The molecular weight excluding hydrogens is 375 g/mol. The zero-order valence-corrected chi connectivity index (χ0v) is 15.0. The van der Waals surface area contributed by atoms with E-state index >= 15 is 0 Å². The molecule has 0 radical (unpaired) electrons. The highest BCUT2D eigenvalue weighted by molar-refractivity contribution is 9.10. The van der Waals surface area contributed by atoms with E-state index in [9.17, 15) is 0 Å². The molecule has 1 N–H and O–H groups in total. The Kier molecular flexibility index (Phi) is 6.63. The molecule has 2 aliphatic heterocycles. The number of nitrogens with one attached hydrogen (secondary N) is 1. The van der Waals surface area contributed by atoms with Gasteiger partial charge in [-0.2, -0.15) is 0 Å². The van der Waals surface area contributed by atoms with E-state index in [0.29, 0.717) is 0 Å². The average Bonchev–Trinajstić information content (AvgIpc) is 2.89. The van der Waals surface area contributed by atoms with Crippen molar-refractivity contribution in [2.24, 2.45) is 11.8 Å². The number of rotatable bonds is 4. The van der Waals surface area contributed by atoms with E-state index in [-0.39, 0.29) is 12.4 Å². The Morgan fingerprint density at radius 3 is 2.95 bits per heavy atom. The summed E-state index contributed by atoms with van der Waals surface area (Å²) in [6, 6.07) is 5.64. The van der Waals surface area contributed by atoms with E-state index in [2.05, 4.69) is 26.1 Å². The molecule has 0 saturated carbocycles. The van der Waals surface area contributed by atoms with Crippen LogP contribution in [-0.4, -0.2) is 44.2 Å². The molecule has 0 bridgehead atoms. The van der Waals surface area contributed by atoms with E-state index in [1.165, 1.54) is 32.6 Å². The average molecular weight is 396 g/mol. The molecule has 21 heavy (non-hydrogen) atoms. The minimum atomic E-state index is 0. The van der Waals surface area contributed by atoms with E-state index in [1.54, 1.807) is 0 Å². The normalized spacial score (nSPS) is 25.2. The van der Waals surface area contributed by atoms with Gasteiger partial charge in [0.2, 0.25) is 0 Å². The first-order chi connectivity index (χ1) is 9.72. The van der Waals surface area contributed by atoms with Crippen LogP contribution in [0.15, 0.2) is 22.7 Å². The van der Waals surface area contributed by atoms with Crippen molar-refractivity contribution in [1.82, 2.24) is 10.2 Å². The molecular formula is C15H21BrCl2N2O. The molecule has 0 aromatic heterocycles. The smallest absolute Gasteiger partial charge is 0.133 e. The largest absolute Gasteiger partial charge is 0.491 e. The fourth-order valence-corrected chi connectivity index (χ4v) is 3.99. The van der Waals surface area contributed by atoms with E-state index in [4.69, 9.17) is 16.3 Å². The van der Waals surface area contributed by atoms with Gasteiger partial charge in [0.25, 0.3) is 0 Å². The Morgan fingerprint density at radius 2 is 2.14 bits per heavy atom. The number of ether oxygens (including phenoxy) is 1. The first kappa shape index (κ1) is 17.4. The number of halogens is 3. The van der Waals surface area contributed by atoms with Crippen molar-refractivity contribution in [2.45, 2.75) is 6.42 Å². The van der Waals surface area contributed by atoms with Crippen molar-refractivity contribution in [3.63, 3.8) is 0 Å². The molecule has 6 heteroatoms. The summed E-state index contributed by atoms with van der Waals surface area (Å²) in [7, 11) is 0. The first-order valence-electron chi connectivity index (χ1n) is 7.23. The van der Waals surface area contributed by atoms with Crippen LogP contribution >= 0.6 is 39.9 Å². The van der Waals surface area contributed by atoms with E-state index < -0.39 is 0 Å². The molecule has 2 atom stereocenters. The van der Waals surface area contributed by atoms with Gasteiger partial charge >= 0.3 is 0 Å². The van der Waals surface area contributed by atoms with Crippen LogP contribution in [0.3, 0.4) is 0 Å². The summed E-state index contributed by atoms with van der Waals surface area (Å²) in [5, 5.41) is 4.23. The van der Waals surface area contributed by atoms with Crippen LogP contribution in [0.1, 0.15) is 6.42 Å². The van der Waals surface area contributed by atoms with Crippen molar-refractivity contribution >= 4 is 39.9 Å². The molecule has 2 fully saturated rings. The van der Waals surface area contributed by atoms with Crippen molar-refractivity contribution in [3.05, 3.63) is 27.7 Å². The van der Waals surface area contributed by atoms with Crippen molar-refractivity contribution in [2.75, 3.05) is 39.3 Å². The predicted octanol–water partition coefficient (Wildman–Crippen LogP) is 3.44. The number of hydrogen-bond acceptors (Lipinski definition) is 3. The summed E-state index contributed by atoms with van der Waals surface area (Å²) in [6.07, 6.45) is 1.32. The van der Waals surface area contributed by atoms with Gasteiger partial charge in [0.05, 0.1) is 4.47 Å². The third kappa shape index (κ3) is 4.49. The van der Waals surface area contributed by atoms with Gasteiger partial charge in [-0.05, 0) is 72.0 Å². The fourth-order valence-electron chi connectivity index (χ4n) is 3.19. The second-order valence-electron chi connectivity index (χ2n) is 5.69.